The maximum atomic E-state index is 11.9. The topological polar surface area (TPSA) is 58.6 Å². The van der Waals surface area contributed by atoms with Crippen LogP contribution >= 0.6 is 0 Å². The van der Waals surface area contributed by atoms with Crippen LogP contribution in [0.5, 0.6) is 5.75 Å². The van der Waals surface area contributed by atoms with Crippen molar-refractivity contribution in [2.75, 3.05) is 19.8 Å². The Kier molecular flexibility index (Phi) is 7.92. The standard InChI is InChI=1S/C20H34N2O3S/c1-5-12-22(13-6-2)18-11-10-17-8-7-9-20(19(17)14-18)25-15-21-26(23,24)16(3)4/h7-9,16,18,21H,5-6,10-15H2,1-4H3. The summed E-state index contributed by atoms with van der Waals surface area (Å²) < 4.78 is 32.2. The smallest absolute Gasteiger partial charge is 0.216 e. The largest absolute Gasteiger partial charge is 0.477 e. The van der Waals surface area contributed by atoms with Gasteiger partial charge in [0.2, 0.25) is 10.0 Å². The molecule has 0 fully saturated rings. The number of ether oxygens (including phenoxy) is 1. The molecule has 0 aliphatic heterocycles. The van der Waals surface area contributed by atoms with E-state index in [0.717, 1.165) is 31.7 Å². The molecule has 0 amide bonds. The zero-order valence-electron chi connectivity index (χ0n) is 16.6. The molecule has 1 unspecified atom stereocenters. The minimum atomic E-state index is -3.31. The summed E-state index contributed by atoms with van der Waals surface area (Å²) in [6, 6.07) is 6.66. The highest BCUT2D eigenvalue weighted by atomic mass is 32.2. The van der Waals surface area contributed by atoms with Gasteiger partial charge in [-0.3, -0.25) is 0 Å². The normalized spacial score (nSPS) is 17.5. The van der Waals surface area contributed by atoms with Gasteiger partial charge in [0, 0.05) is 6.04 Å². The van der Waals surface area contributed by atoms with Crippen molar-refractivity contribution in [2.45, 2.75) is 71.1 Å². The summed E-state index contributed by atoms with van der Waals surface area (Å²) in [7, 11) is -3.31. The fraction of sp³-hybridized carbons (Fsp3) is 0.700. The lowest BCUT2D eigenvalue weighted by molar-refractivity contribution is 0.178. The second-order valence-corrected chi connectivity index (χ2v) is 9.67. The monoisotopic (exact) mass is 382 g/mol. The summed E-state index contributed by atoms with van der Waals surface area (Å²) in [5.74, 6) is 0.812. The second-order valence-electron chi connectivity index (χ2n) is 7.35. The summed E-state index contributed by atoms with van der Waals surface area (Å²) in [4.78, 5) is 2.60. The Labute approximate surface area is 159 Å². The molecule has 26 heavy (non-hydrogen) atoms. The Morgan fingerprint density at radius 2 is 1.92 bits per heavy atom. The third-order valence-electron chi connectivity index (χ3n) is 5.06. The van der Waals surface area contributed by atoms with Gasteiger partial charge >= 0.3 is 0 Å². The van der Waals surface area contributed by atoms with Crippen LogP contribution in [0.2, 0.25) is 0 Å². The molecule has 0 radical (unpaired) electrons. The highest BCUT2D eigenvalue weighted by Gasteiger charge is 2.26. The van der Waals surface area contributed by atoms with Crippen LogP contribution in [0.15, 0.2) is 18.2 Å². The lowest BCUT2D eigenvalue weighted by atomic mass is 9.86. The van der Waals surface area contributed by atoms with E-state index >= 15 is 0 Å². The summed E-state index contributed by atoms with van der Waals surface area (Å²) >= 11 is 0. The van der Waals surface area contributed by atoms with Gasteiger partial charge in [0.1, 0.15) is 5.75 Å². The van der Waals surface area contributed by atoms with Crippen LogP contribution in [0.4, 0.5) is 0 Å². The number of nitrogens with zero attached hydrogens (tertiary/aromatic N) is 1. The first-order valence-corrected chi connectivity index (χ1v) is 11.4. The molecule has 0 heterocycles. The van der Waals surface area contributed by atoms with E-state index in [1.165, 1.54) is 30.4 Å². The summed E-state index contributed by atoms with van der Waals surface area (Å²) in [6.45, 7) is 10.0. The third-order valence-corrected chi connectivity index (χ3v) is 6.82. The van der Waals surface area contributed by atoms with Gasteiger partial charge in [-0.25, -0.2) is 8.42 Å². The van der Waals surface area contributed by atoms with E-state index in [2.05, 4.69) is 29.5 Å². The van der Waals surface area contributed by atoms with Crippen LogP contribution in [-0.2, 0) is 22.9 Å². The first-order chi connectivity index (χ1) is 12.4. The SMILES string of the molecule is CCCN(CCC)C1CCc2cccc(OCNS(=O)(=O)C(C)C)c2C1. The van der Waals surface area contributed by atoms with E-state index in [0.29, 0.717) is 6.04 Å². The minimum absolute atomic E-state index is 0.0186. The van der Waals surface area contributed by atoms with Crippen LogP contribution < -0.4 is 9.46 Å². The van der Waals surface area contributed by atoms with Crippen molar-refractivity contribution in [1.29, 1.82) is 0 Å². The van der Waals surface area contributed by atoms with E-state index < -0.39 is 15.3 Å². The van der Waals surface area contributed by atoms with Crippen molar-refractivity contribution in [3.05, 3.63) is 29.3 Å². The molecular formula is C20H34N2O3S. The number of benzene rings is 1. The van der Waals surface area contributed by atoms with Crippen LogP contribution in [0.1, 0.15) is 58.1 Å². The molecule has 0 spiro atoms. The van der Waals surface area contributed by atoms with E-state index in [1.54, 1.807) is 13.8 Å². The predicted molar refractivity (Wildman–Crippen MR) is 107 cm³/mol. The zero-order valence-corrected chi connectivity index (χ0v) is 17.4. The number of rotatable bonds is 10. The van der Waals surface area contributed by atoms with Crippen molar-refractivity contribution in [3.63, 3.8) is 0 Å². The highest BCUT2D eigenvalue weighted by molar-refractivity contribution is 7.90. The van der Waals surface area contributed by atoms with Gasteiger partial charge in [0.05, 0.1) is 5.25 Å². The van der Waals surface area contributed by atoms with E-state index in [4.69, 9.17) is 4.74 Å². The number of fused-ring (bicyclic) bond motifs is 1. The van der Waals surface area contributed by atoms with Crippen LogP contribution in [-0.4, -0.2) is 44.4 Å². The molecule has 0 saturated heterocycles. The van der Waals surface area contributed by atoms with Crippen molar-refractivity contribution < 1.29 is 13.2 Å². The van der Waals surface area contributed by atoms with Crippen LogP contribution in [0.3, 0.4) is 0 Å². The summed E-state index contributed by atoms with van der Waals surface area (Å²) in [6.07, 6.45) is 5.54. The van der Waals surface area contributed by atoms with Gasteiger partial charge in [0.25, 0.3) is 0 Å². The molecule has 148 valence electrons. The number of sulfonamides is 1. The number of nitrogens with one attached hydrogen (secondary N) is 1. The molecule has 0 aromatic heterocycles. The molecule has 1 aromatic rings. The Morgan fingerprint density at radius 3 is 2.54 bits per heavy atom. The quantitative estimate of drug-likeness (QED) is 0.631. The Hall–Kier alpha value is -1.11. The van der Waals surface area contributed by atoms with Gasteiger partial charge in [0.15, 0.2) is 6.73 Å². The predicted octanol–water partition coefficient (Wildman–Crippen LogP) is 3.33. The fourth-order valence-electron chi connectivity index (χ4n) is 3.59. The highest BCUT2D eigenvalue weighted by Crippen LogP contribution is 2.31. The maximum absolute atomic E-state index is 11.9. The number of hydrogen-bond donors (Lipinski definition) is 1. The molecule has 1 atom stereocenters. The van der Waals surface area contributed by atoms with E-state index in [1.807, 2.05) is 12.1 Å². The molecule has 5 nitrogen and oxygen atoms in total. The average molecular weight is 383 g/mol. The van der Waals surface area contributed by atoms with Gasteiger partial charge < -0.3 is 9.64 Å². The van der Waals surface area contributed by atoms with Crippen molar-refractivity contribution >= 4 is 10.0 Å². The number of hydrogen-bond acceptors (Lipinski definition) is 4. The molecule has 2 rings (SSSR count). The van der Waals surface area contributed by atoms with E-state index in [9.17, 15) is 8.42 Å². The molecule has 1 aliphatic carbocycles. The van der Waals surface area contributed by atoms with E-state index in [-0.39, 0.29) is 6.73 Å². The minimum Gasteiger partial charge on any atom is -0.477 e. The maximum Gasteiger partial charge on any atom is 0.216 e. The first kappa shape index (κ1) is 21.2. The van der Waals surface area contributed by atoms with Crippen LogP contribution in [0.25, 0.3) is 0 Å². The lowest BCUT2D eigenvalue weighted by Gasteiger charge is -2.35. The molecule has 6 heteroatoms. The molecule has 1 aliphatic rings. The Bertz CT molecular complexity index is 668. The van der Waals surface area contributed by atoms with Gasteiger partial charge in [-0.05, 0) is 76.2 Å². The van der Waals surface area contributed by atoms with Gasteiger partial charge in [-0.15, -0.1) is 0 Å². The number of aryl methyl sites for hydroxylation is 1. The first-order valence-electron chi connectivity index (χ1n) is 9.85. The molecule has 0 bridgehead atoms. The van der Waals surface area contributed by atoms with Crippen molar-refractivity contribution in [1.82, 2.24) is 9.62 Å². The Balaban J connectivity index is 2.08. The molecular weight excluding hydrogens is 348 g/mol. The third kappa shape index (κ3) is 5.44. The second kappa shape index (κ2) is 9.72. The van der Waals surface area contributed by atoms with Crippen molar-refractivity contribution in [3.8, 4) is 5.75 Å². The fourth-order valence-corrected chi connectivity index (χ4v) is 4.15. The summed E-state index contributed by atoms with van der Waals surface area (Å²) in [5, 5.41) is -0.461. The van der Waals surface area contributed by atoms with Gasteiger partial charge in [-0.2, -0.15) is 4.72 Å². The zero-order chi connectivity index (χ0) is 19.2. The lowest BCUT2D eigenvalue weighted by Crippen LogP contribution is -2.40. The van der Waals surface area contributed by atoms with Crippen LogP contribution in [0, 0.1) is 0 Å². The Morgan fingerprint density at radius 1 is 1.23 bits per heavy atom. The average Bonchev–Trinajstić information content (AvgIpc) is 2.61. The summed E-state index contributed by atoms with van der Waals surface area (Å²) in [5.41, 5.74) is 2.57. The molecule has 1 N–H and O–H groups in total. The van der Waals surface area contributed by atoms with Gasteiger partial charge in [-0.1, -0.05) is 26.0 Å². The molecule has 0 saturated carbocycles. The molecule has 1 aromatic carbocycles. The van der Waals surface area contributed by atoms with Crippen molar-refractivity contribution in [2.24, 2.45) is 0 Å².